The van der Waals surface area contributed by atoms with Gasteiger partial charge in [0.2, 0.25) is 0 Å². The Kier molecular flexibility index (Phi) is 3.82. The van der Waals surface area contributed by atoms with Crippen LogP contribution in [0.5, 0.6) is 0 Å². The Labute approximate surface area is 114 Å². The number of thiazole rings is 1. The molecule has 0 saturated carbocycles. The van der Waals surface area contributed by atoms with Gasteiger partial charge in [-0.1, -0.05) is 6.07 Å². The summed E-state index contributed by atoms with van der Waals surface area (Å²) < 4.78 is 12.3. The summed E-state index contributed by atoms with van der Waals surface area (Å²) in [6, 6.07) is 5.63. The van der Waals surface area contributed by atoms with Crippen LogP contribution >= 0.6 is 11.3 Å². The Morgan fingerprint density at radius 1 is 1.33 bits per heavy atom. The Morgan fingerprint density at radius 3 is 2.61 bits per heavy atom. The van der Waals surface area contributed by atoms with Crippen molar-refractivity contribution in [2.24, 2.45) is 0 Å². The van der Waals surface area contributed by atoms with Crippen molar-refractivity contribution < 1.29 is 4.21 Å². The molecule has 1 heterocycles. The molecule has 2 rings (SSSR count). The van der Waals surface area contributed by atoms with Crippen molar-refractivity contribution in [2.45, 2.75) is 31.4 Å². The van der Waals surface area contributed by atoms with Gasteiger partial charge in [0.05, 0.1) is 27.1 Å². The van der Waals surface area contributed by atoms with E-state index in [2.05, 4.69) is 4.98 Å². The highest BCUT2D eigenvalue weighted by atomic mass is 32.2. The van der Waals surface area contributed by atoms with E-state index in [-0.39, 0.29) is 0 Å². The number of aryl methyl sites for hydroxylation is 3. The lowest BCUT2D eigenvalue weighted by molar-refractivity contribution is 0.682. The minimum atomic E-state index is -1.13. The number of anilines is 1. The number of nitrogens with zero attached hydrogens (tertiary/aromatic N) is 1. The second-order valence-corrected chi connectivity index (χ2v) is 6.99. The summed E-state index contributed by atoms with van der Waals surface area (Å²) in [7, 11) is -1.13. The first-order chi connectivity index (χ1) is 8.47. The summed E-state index contributed by atoms with van der Waals surface area (Å²) in [6.45, 7) is 5.97. The van der Waals surface area contributed by atoms with Crippen LogP contribution in [0.25, 0.3) is 0 Å². The van der Waals surface area contributed by atoms with Crippen molar-refractivity contribution in [1.29, 1.82) is 0 Å². The van der Waals surface area contributed by atoms with E-state index in [1.54, 1.807) is 11.3 Å². The van der Waals surface area contributed by atoms with Crippen LogP contribution < -0.4 is 5.73 Å². The smallest absolute Gasteiger partial charge is 0.106 e. The Balaban J connectivity index is 2.22. The van der Waals surface area contributed by atoms with Crippen LogP contribution in [-0.4, -0.2) is 9.19 Å². The summed E-state index contributed by atoms with van der Waals surface area (Å²) in [5, 5.41) is 0.906. The van der Waals surface area contributed by atoms with Crippen LogP contribution in [0.3, 0.4) is 0 Å². The van der Waals surface area contributed by atoms with Crippen LogP contribution in [0.4, 0.5) is 5.69 Å². The zero-order valence-electron chi connectivity index (χ0n) is 10.7. The average molecular weight is 280 g/mol. The van der Waals surface area contributed by atoms with Gasteiger partial charge in [-0.15, -0.1) is 11.3 Å². The van der Waals surface area contributed by atoms with E-state index < -0.39 is 10.8 Å². The van der Waals surface area contributed by atoms with Gasteiger partial charge < -0.3 is 5.73 Å². The third-order valence-electron chi connectivity index (χ3n) is 2.74. The first-order valence-corrected chi connectivity index (χ1v) is 7.78. The standard InChI is InChI=1S/C13H16N2OS2/c1-8-4-5-12(11(14)6-8)18(16)7-13-15-9(2)10(3)17-13/h4-6H,7,14H2,1-3H3. The lowest BCUT2D eigenvalue weighted by Crippen LogP contribution is -2.01. The summed E-state index contributed by atoms with van der Waals surface area (Å²) >= 11 is 1.60. The predicted octanol–water partition coefficient (Wildman–Crippen LogP) is 2.96. The first-order valence-electron chi connectivity index (χ1n) is 5.65. The molecule has 0 amide bonds. The topological polar surface area (TPSA) is 56.0 Å². The molecule has 1 aromatic heterocycles. The lowest BCUT2D eigenvalue weighted by Gasteiger charge is -2.05. The van der Waals surface area contributed by atoms with Gasteiger partial charge in [0.15, 0.2) is 0 Å². The van der Waals surface area contributed by atoms with Gasteiger partial charge in [0.1, 0.15) is 5.01 Å². The number of rotatable bonds is 3. The molecule has 0 aliphatic rings. The third-order valence-corrected chi connectivity index (χ3v) is 5.39. The number of benzene rings is 1. The first kappa shape index (κ1) is 13.2. The van der Waals surface area contributed by atoms with Crippen molar-refractivity contribution in [2.75, 3.05) is 5.73 Å². The van der Waals surface area contributed by atoms with Gasteiger partial charge >= 0.3 is 0 Å². The molecule has 1 unspecified atom stereocenters. The van der Waals surface area contributed by atoms with Crippen molar-refractivity contribution >= 4 is 27.8 Å². The molecule has 96 valence electrons. The molecular formula is C13H16N2OS2. The van der Waals surface area contributed by atoms with Crippen LogP contribution in [0.1, 0.15) is 21.1 Å². The number of aromatic nitrogens is 1. The van der Waals surface area contributed by atoms with Gasteiger partial charge in [-0.2, -0.15) is 0 Å². The molecule has 0 spiro atoms. The Morgan fingerprint density at radius 2 is 2.06 bits per heavy atom. The molecule has 2 N–H and O–H groups in total. The van der Waals surface area contributed by atoms with Gasteiger partial charge in [0, 0.05) is 10.6 Å². The lowest BCUT2D eigenvalue weighted by atomic mass is 10.2. The van der Waals surface area contributed by atoms with E-state index in [1.165, 1.54) is 4.88 Å². The molecule has 5 heteroatoms. The quantitative estimate of drug-likeness (QED) is 0.879. The normalized spacial score (nSPS) is 12.6. The number of hydrogen-bond acceptors (Lipinski definition) is 4. The van der Waals surface area contributed by atoms with E-state index in [4.69, 9.17) is 5.73 Å². The minimum absolute atomic E-state index is 0.437. The van der Waals surface area contributed by atoms with Gasteiger partial charge in [-0.3, -0.25) is 4.21 Å². The number of nitrogens with two attached hydrogens (primary N) is 1. The summed E-state index contributed by atoms with van der Waals surface area (Å²) in [6.07, 6.45) is 0. The summed E-state index contributed by atoms with van der Waals surface area (Å²) in [5.41, 5.74) is 8.59. The highest BCUT2D eigenvalue weighted by Gasteiger charge is 2.12. The SMILES string of the molecule is Cc1ccc(S(=O)Cc2nc(C)c(C)s2)c(N)c1. The fourth-order valence-electron chi connectivity index (χ4n) is 1.67. The molecule has 1 atom stereocenters. The van der Waals surface area contributed by atoms with Gasteiger partial charge in [0.25, 0.3) is 0 Å². The van der Waals surface area contributed by atoms with Crippen molar-refractivity contribution in [3.05, 3.63) is 39.3 Å². The third kappa shape index (κ3) is 2.79. The summed E-state index contributed by atoms with van der Waals surface area (Å²) in [4.78, 5) is 6.29. The predicted molar refractivity (Wildman–Crippen MR) is 77.3 cm³/mol. The molecule has 0 fully saturated rings. The zero-order chi connectivity index (χ0) is 13.3. The molecule has 2 aromatic rings. The second-order valence-electron chi connectivity index (χ2n) is 4.28. The molecular weight excluding hydrogens is 264 g/mol. The maximum absolute atomic E-state index is 12.3. The van der Waals surface area contributed by atoms with Crippen molar-refractivity contribution in [3.63, 3.8) is 0 Å². The van der Waals surface area contributed by atoms with Crippen molar-refractivity contribution in [3.8, 4) is 0 Å². The molecule has 0 bridgehead atoms. The van der Waals surface area contributed by atoms with Crippen LogP contribution in [0, 0.1) is 20.8 Å². The zero-order valence-corrected chi connectivity index (χ0v) is 12.3. The van der Waals surface area contributed by atoms with Crippen molar-refractivity contribution in [1.82, 2.24) is 4.98 Å². The molecule has 0 radical (unpaired) electrons. The second kappa shape index (κ2) is 5.20. The fraction of sp³-hybridized carbons (Fsp3) is 0.308. The largest absolute Gasteiger partial charge is 0.398 e. The van der Waals surface area contributed by atoms with Crippen LogP contribution in [0.15, 0.2) is 23.1 Å². The van der Waals surface area contributed by atoms with E-state index in [0.29, 0.717) is 16.3 Å². The Hall–Kier alpha value is -1.20. The van der Waals surface area contributed by atoms with Crippen LogP contribution in [0.2, 0.25) is 0 Å². The van der Waals surface area contributed by atoms with E-state index >= 15 is 0 Å². The monoisotopic (exact) mass is 280 g/mol. The summed E-state index contributed by atoms with van der Waals surface area (Å²) in [5.74, 6) is 0.437. The van der Waals surface area contributed by atoms with E-state index in [0.717, 1.165) is 16.3 Å². The maximum atomic E-state index is 12.3. The molecule has 0 aliphatic carbocycles. The highest BCUT2D eigenvalue weighted by molar-refractivity contribution is 7.84. The number of hydrogen-bond donors (Lipinski definition) is 1. The number of nitrogen functional groups attached to an aromatic ring is 1. The minimum Gasteiger partial charge on any atom is -0.398 e. The van der Waals surface area contributed by atoms with E-state index in [1.807, 2.05) is 39.0 Å². The molecule has 0 aliphatic heterocycles. The van der Waals surface area contributed by atoms with Crippen LogP contribution in [-0.2, 0) is 16.6 Å². The molecule has 3 nitrogen and oxygen atoms in total. The Bertz CT molecular complexity index is 586. The van der Waals surface area contributed by atoms with E-state index in [9.17, 15) is 4.21 Å². The van der Waals surface area contributed by atoms with Gasteiger partial charge in [-0.05, 0) is 38.5 Å². The maximum Gasteiger partial charge on any atom is 0.106 e. The molecule has 1 aromatic carbocycles. The molecule has 18 heavy (non-hydrogen) atoms. The average Bonchev–Trinajstić information content (AvgIpc) is 2.57. The van der Waals surface area contributed by atoms with Gasteiger partial charge in [-0.25, -0.2) is 4.98 Å². The molecule has 0 saturated heterocycles. The fourth-order valence-corrected chi connectivity index (χ4v) is 3.94. The highest BCUT2D eigenvalue weighted by Crippen LogP contribution is 2.23.